The zero-order chi connectivity index (χ0) is 14.1. The summed E-state index contributed by atoms with van der Waals surface area (Å²) in [5, 5.41) is 1.60. The van der Waals surface area contributed by atoms with Crippen molar-refractivity contribution in [2.45, 2.75) is 13.0 Å². The molecule has 1 atom stereocenters. The first-order chi connectivity index (χ1) is 9.66. The molecule has 0 spiro atoms. The smallest absolute Gasteiger partial charge is 0.0721 e. The first-order valence-electron chi connectivity index (χ1n) is 6.43. The topological polar surface area (TPSA) is 51.8 Å². The monoisotopic (exact) mass is 283 g/mol. The fourth-order valence-electron chi connectivity index (χ4n) is 2.25. The number of halogens is 1. The Morgan fingerprint density at radius 1 is 1.15 bits per heavy atom. The van der Waals surface area contributed by atoms with Gasteiger partial charge in [-0.3, -0.25) is 9.97 Å². The van der Waals surface area contributed by atoms with E-state index >= 15 is 0 Å². The Morgan fingerprint density at radius 2 is 2.00 bits per heavy atom. The first kappa shape index (κ1) is 13.0. The fraction of sp³-hybridized carbons (Fsp3) is 0.125. The molecule has 100 valence electrons. The Balaban J connectivity index is 2.34. The van der Waals surface area contributed by atoms with Crippen molar-refractivity contribution in [2.24, 2.45) is 5.73 Å². The van der Waals surface area contributed by atoms with Gasteiger partial charge in [0.15, 0.2) is 0 Å². The quantitative estimate of drug-likeness (QED) is 0.774. The van der Waals surface area contributed by atoms with Gasteiger partial charge in [-0.1, -0.05) is 23.7 Å². The Morgan fingerprint density at radius 3 is 2.70 bits per heavy atom. The molecule has 3 rings (SSSR count). The third-order valence-electron chi connectivity index (χ3n) is 3.21. The van der Waals surface area contributed by atoms with Gasteiger partial charge in [0.25, 0.3) is 0 Å². The highest BCUT2D eigenvalue weighted by atomic mass is 35.5. The summed E-state index contributed by atoms with van der Waals surface area (Å²) in [6, 6.07) is 13.3. The zero-order valence-electron chi connectivity index (χ0n) is 11.0. The molecule has 20 heavy (non-hydrogen) atoms. The van der Waals surface area contributed by atoms with Crippen molar-refractivity contribution in [1.82, 2.24) is 9.97 Å². The van der Waals surface area contributed by atoms with E-state index in [-0.39, 0.29) is 6.04 Å². The molecule has 2 heterocycles. The highest BCUT2D eigenvalue weighted by molar-refractivity contribution is 6.35. The number of nitrogens with two attached hydrogens (primary N) is 1. The predicted molar refractivity (Wildman–Crippen MR) is 82.6 cm³/mol. The van der Waals surface area contributed by atoms with Gasteiger partial charge in [-0.25, -0.2) is 0 Å². The summed E-state index contributed by atoms with van der Waals surface area (Å²) in [5.74, 6) is 0. The van der Waals surface area contributed by atoms with Crippen molar-refractivity contribution < 1.29 is 0 Å². The van der Waals surface area contributed by atoms with Gasteiger partial charge < -0.3 is 5.73 Å². The molecule has 3 aromatic rings. The van der Waals surface area contributed by atoms with Gasteiger partial charge in [0.1, 0.15) is 0 Å². The number of fused-ring (bicyclic) bond motifs is 1. The maximum atomic E-state index is 6.26. The Bertz CT molecular complexity index is 754. The number of aromatic nitrogens is 2. The van der Waals surface area contributed by atoms with Crippen molar-refractivity contribution in [3.63, 3.8) is 0 Å². The second kappa shape index (κ2) is 5.19. The molecular weight excluding hydrogens is 270 g/mol. The van der Waals surface area contributed by atoms with Crippen LogP contribution in [0.4, 0.5) is 0 Å². The number of hydrogen-bond acceptors (Lipinski definition) is 3. The van der Waals surface area contributed by atoms with Gasteiger partial charge in [-0.15, -0.1) is 0 Å². The molecule has 0 amide bonds. The van der Waals surface area contributed by atoms with E-state index in [1.165, 1.54) is 0 Å². The van der Waals surface area contributed by atoms with Gasteiger partial charge in [0, 0.05) is 28.2 Å². The van der Waals surface area contributed by atoms with Gasteiger partial charge in [-0.2, -0.15) is 0 Å². The highest BCUT2D eigenvalue weighted by Gasteiger charge is 2.14. The predicted octanol–water partition coefficient (Wildman–Crippen LogP) is 3.97. The third-order valence-corrected chi connectivity index (χ3v) is 3.54. The van der Waals surface area contributed by atoms with Crippen molar-refractivity contribution in [3.8, 4) is 11.3 Å². The van der Waals surface area contributed by atoms with Gasteiger partial charge in [0.05, 0.1) is 16.9 Å². The van der Waals surface area contributed by atoms with Gasteiger partial charge in [-0.05, 0) is 37.3 Å². The van der Waals surface area contributed by atoms with Crippen LogP contribution < -0.4 is 5.73 Å². The van der Waals surface area contributed by atoms with E-state index in [1.54, 1.807) is 6.20 Å². The van der Waals surface area contributed by atoms with Crippen LogP contribution in [0.15, 0.2) is 48.7 Å². The lowest BCUT2D eigenvalue weighted by Crippen LogP contribution is -2.09. The van der Waals surface area contributed by atoms with Crippen LogP contribution in [0.1, 0.15) is 18.7 Å². The van der Waals surface area contributed by atoms with E-state index in [1.807, 2.05) is 49.4 Å². The third kappa shape index (κ3) is 2.26. The van der Waals surface area contributed by atoms with Crippen LogP contribution in [0.3, 0.4) is 0 Å². The standard InChI is InChI=1S/C16H14ClN3/c1-10(18)16-12(14-6-2-3-8-19-14)9-11-13(17)5-4-7-15(11)20-16/h2-10H,18H2,1H3/t10-/m0/s1. The largest absolute Gasteiger partial charge is 0.323 e. The van der Waals surface area contributed by atoms with Gasteiger partial charge in [0.2, 0.25) is 0 Å². The molecule has 0 radical (unpaired) electrons. The molecule has 0 bridgehead atoms. The van der Waals surface area contributed by atoms with Crippen LogP contribution in [-0.4, -0.2) is 9.97 Å². The number of pyridine rings is 2. The summed E-state index contributed by atoms with van der Waals surface area (Å²) < 4.78 is 0. The summed E-state index contributed by atoms with van der Waals surface area (Å²) in [7, 11) is 0. The summed E-state index contributed by atoms with van der Waals surface area (Å²) >= 11 is 6.26. The maximum absolute atomic E-state index is 6.26. The van der Waals surface area contributed by atoms with Gasteiger partial charge >= 0.3 is 0 Å². The average molecular weight is 284 g/mol. The fourth-order valence-corrected chi connectivity index (χ4v) is 2.47. The lowest BCUT2D eigenvalue weighted by atomic mass is 10.0. The summed E-state index contributed by atoms with van der Waals surface area (Å²) in [4.78, 5) is 9.05. The SMILES string of the molecule is C[C@H](N)c1nc2cccc(Cl)c2cc1-c1ccccn1. The summed E-state index contributed by atoms with van der Waals surface area (Å²) in [6.45, 7) is 1.92. The van der Waals surface area contributed by atoms with Crippen LogP contribution in [0.25, 0.3) is 22.2 Å². The summed E-state index contributed by atoms with van der Waals surface area (Å²) in [5.41, 5.74) is 9.53. The molecule has 0 saturated heterocycles. The molecule has 0 aliphatic heterocycles. The van der Waals surface area contributed by atoms with E-state index in [0.717, 1.165) is 27.9 Å². The minimum absolute atomic E-state index is 0.171. The molecule has 2 N–H and O–H groups in total. The molecule has 0 saturated carbocycles. The minimum atomic E-state index is -0.171. The van der Waals surface area contributed by atoms with Crippen molar-refractivity contribution >= 4 is 22.5 Å². The minimum Gasteiger partial charge on any atom is -0.323 e. The van der Waals surface area contributed by atoms with E-state index in [2.05, 4.69) is 9.97 Å². The molecule has 3 nitrogen and oxygen atoms in total. The molecule has 0 unspecified atom stereocenters. The number of nitrogens with zero attached hydrogens (tertiary/aromatic N) is 2. The second-order valence-electron chi connectivity index (χ2n) is 4.73. The first-order valence-corrected chi connectivity index (χ1v) is 6.81. The number of hydrogen-bond donors (Lipinski definition) is 1. The molecule has 0 aliphatic carbocycles. The lowest BCUT2D eigenvalue weighted by molar-refractivity contribution is 0.788. The molecule has 1 aromatic carbocycles. The normalized spacial score (nSPS) is 12.6. The molecule has 4 heteroatoms. The van der Waals surface area contributed by atoms with E-state index in [9.17, 15) is 0 Å². The van der Waals surface area contributed by atoms with Crippen LogP contribution in [0.5, 0.6) is 0 Å². The Kier molecular flexibility index (Phi) is 3.38. The molecule has 2 aromatic heterocycles. The Labute approximate surface area is 122 Å². The van der Waals surface area contributed by atoms with Crippen LogP contribution >= 0.6 is 11.6 Å². The number of rotatable bonds is 2. The molecular formula is C16H14ClN3. The zero-order valence-corrected chi connectivity index (χ0v) is 11.8. The van der Waals surface area contributed by atoms with Crippen LogP contribution in [-0.2, 0) is 0 Å². The van der Waals surface area contributed by atoms with E-state index < -0.39 is 0 Å². The number of benzene rings is 1. The van der Waals surface area contributed by atoms with E-state index in [0.29, 0.717) is 5.02 Å². The maximum Gasteiger partial charge on any atom is 0.0721 e. The second-order valence-corrected chi connectivity index (χ2v) is 5.14. The molecule has 0 fully saturated rings. The average Bonchev–Trinajstić information content (AvgIpc) is 2.47. The van der Waals surface area contributed by atoms with Crippen molar-refractivity contribution in [1.29, 1.82) is 0 Å². The molecule has 0 aliphatic rings. The van der Waals surface area contributed by atoms with Crippen molar-refractivity contribution in [3.05, 3.63) is 59.4 Å². The summed E-state index contributed by atoms with van der Waals surface area (Å²) in [6.07, 6.45) is 1.76. The van der Waals surface area contributed by atoms with Crippen LogP contribution in [0, 0.1) is 0 Å². The van der Waals surface area contributed by atoms with E-state index in [4.69, 9.17) is 17.3 Å². The Hall–Kier alpha value is -1.97. The lowest BCUT2D eigenvalue weighted by Gasteiger charge is -2.13. The van der Waals surface area contributed by atoms with Crippen LogP contribution in [0.2, 0.25) is 5.02 Å². The van der Waals surface area contributed by atoms with Crippen molar-refractivity contribution in [2.75, 3.05) is 0 Å². The highest BCUT2D eigenvalue weighted by Crippen LogP contribution is 2.31.